The van der Waals surface area contributed by atoms with Gasteiger partial charge in [-0.15, -0.1) is 0 Å². The van der Waals surface area contributed by atoms with Crippen molar-refractivity contribution in [3.8, 4) is 11.5 Å². The Labute approximate surface area is 121 Å². The first kappa shape index (κ1) is 12.9. The molecule has 5 nitrogen and oxygen atoms in total. The van der Waals surface area contributed by atoms with E-state index in [0.717, 1.165) is 16.7 Å². The molecular formula is C16H13N3O2. The van der Waals surface area contributed by atoms with E-state index in [-0.39, 0.29) is 0 Å². The van der Waals surface area contributed by atoms with Crippen LogP contribution < -0.4 is 15.8 Å². The number of carbonyl (C=O) groups is 1. The molecule has 21 heavy (non-hydrogen) atoms. The lowest BCUT2D eigenvalue weighted by Crippen LogP contribution is -2.19. The summed E-state index contributed by atoms with van der Waals surface area (Å²) in [6.07, 6.45) is 1.71. The number of anilines is 1. The number of para-hydroxylation sites is 1. The molecule has 0 radical (unpaired) electrons. The Morgan fingerprint density at radius 1 is 1.05 bits per heavy atom. The Balaban J connectivity index is 1.87. The summed E-state index contributed by atoms with van der Waals surface area (Å²) in [5.41, 5.74) is 6.56. The SMILES string of the molecule is NC(=O)Nc1ccc(Oc2ccnc3ccccc23)cc1. The van der Waals surface area contributed by atoms with E-state index in [0.29, 0.717) is 11.4 Å². The second-order valence-corrected chi connectivity index (χ2v) is 4.44. The maximum atomic E-state index is 10.8. The van der Waals surface area contributed by atoms with Crippen molar-refractivity contribution in [3.63, 3.8) is 0 Å². The van der Waals surface area contributed by atoms with Crippen molar-refractivity contribution in [2.45, 2.75) is 0 Å². The number of hydrogen-bond acceptors (Lipinski definition) is 3. The van der Waals surface area contributed by atoms with Gasteiger partial charge in [-0.3, -0.25) is 4.98 Å². The number of nitrogens with one attached hydrogen (secondary N) is 1. The minimum absolute atomic E-state index is 0.594. The van der Waals surface area contributed by atoms with E-state index in [1.807, 2.05) is 30.3 Å². The number of hydrogen-bond donors (Lipinski definition) is 2. The topological polar surface area (TPSA) is 77.2 Å². The fraction of sp³-hybridized carbons (Fsp3) is 0. The number of pyridine rings is 1. The average molecular weight is 279 g/mol. The quantitative estimate of drug-likeness (QED) is 0.770. The van der Waals surface area contributed by atoms with Crippen LogP contribution >= 0.6 is 0 Å². The summed E-state index contributed by atoms with van der Waals surface area (Å²) in [7, 11) is 0. The fourth-order valence-corrected chi connectivity index (χ4v) is 2.03. The second kappa shape index (κ2) is 5.50. The maximum Gasteiger partial charge on any atom is 0.316 e. The number of carbonyl (C=O) groups excluding carboxylic acids is 1. The third kappa shape index (κ3) is 2.92. The highest BCUT2D eigenvalue weighted by Gasteiger charge is 2.04. The summed E-state index contributed by atoms with van der Waals surface area (Å²) in [6.45, 7) is 0. The van der Waals surface area contributed by atoms with Gasteiger partial charge >= 0.3 is 6.03 Å². The zero-order valence-electron chi connectivity index (χ0n) is 11.1. The van der Waals surface area contributed by atoms with Crippen LogP contribution in [0.15, 0.2) is 60.8 Å². The van der Waals surface area contributed by atoms with Gasteiger partial charge in [0.1, 0.15) is 11.5 Å². The standard InChI is InChI=1S/C16H13N3O2/c17-16(20)19-11-5-7-12(8-6-11)21-15-9-10-18-14-4-2-1-3-13(14)15/h1-10H,(H3,17,19,20). The smallest absolute Gasteiger partial charge is 0.316 e. The van der Waals surface area contributed by atoms with E-state index < -0.39 is 6.03 Å². The van der Waals surface area contributed by atoms with Gasteiger partial charge in [-0.1, -0.05) is 12.1 Å². The number of urea groups is 1. The zero-order chi connectivity index (χ0) is 14.7. The number of benzene rings is 2. The first-order valence-electron chi connectivity index (χ1n) is 6.40. The molecule has 3 N–H and O–H groups in total. The van der Waals surface area contributed by atoms with Crippen LogP contribution in [0.1, 0.15) is 0 Å². The van der Waals surface area contributed by atoms with Gasteiger partial charge in [0.05, 0.1) is 5.52 Å². The monoisotopic (exact) mass is 279 g/mol. The molecule has 0 atom stereocenters. The number of primary amides is 1. The molecule has 0 spiro atoms. The minimum Gasteiger partial charge on any atom is -0.457 e. The van der Waals surface area contributed by atoms with Crippen molar-refractivity contribution >= 4 is 22.6 Å². The van der Waals surface area contributed by atoms with Crippen LogP contribution in [0.4, 0.5) is 10.5 Å². The van der Waals surface area contributed by atoms with Crippen LogP contribution in [-0.4, -0.2) is 11.0 Å². The molecule has 0 aliphatic rings. The van der Waals surface area contributed by atoms with Gasteiger partial charge in [0.15, 0.2) is 0 Å². The van der Waals surface area contributed by atoms with Gasteiger partial charge in [0.25, 0.3) is 0 Å². The third-order valence-electron chi connectivity index (χ3n) is 2.96. The van der Waals surface area contributed by atoms with Crippen LogP contribution in [0, 0.1) is 0 Å². The van der Waals surface area contributed by atoms with Gasteiger partial charge in [0, 0.05) is 17.3 Å². The molecule has 0 saturated carbocycles. The van der Waals surface area contributed by atoms with E-state index in [9.17, 15) is 4.79 Å². The first-order chi connectivity index (χ1) is 10.2. The highest BCUT2D eigenvalue weighted by atomic mass is 16.5. The predicted molar refractivity (Wildman–Crippen MR) is 81.5 cm³/mol. The van der Waals surface area contributed by atoms with E-state index in [4.69, 9.17) is 10.5 Å². The summed E-state index contributed by atoms with van der Waals surface area (Å²) in [6, 6.07) is 16.0. The molecular weight excluding hydrogens is 266 g/mol. The molecule has 1 aromatic heterocycles. The Kier molecular flexibility index (Phi) is 3.39. The number of aromatic nitrogens is 1. The molecule has 3 rings (SSSR count). The van der Waals surface area contributed by atoms with Gasteiger partial charge < -0.3 is 15.8 Å². The number of nitrogens with zero attached hydrogens (tertiary/aromatic N) is 1. The summed E-state index contributed by atoms with van der Waals surface area (Å²) in [5.74, 6) is 1.40. The molecule has 0 aliphatic heterocycles. The average Bonchev–Trinajstić information content (AvgIpc) is 2.49. The fourth-order valence-electron chi connectivity index (χ4n) is 2.03. The van der Waals surface area contributed by atoms with Crippen LogP contribution in [-0.2, 0) is 0 Å². The van der Waals surface area contributed by atoms with Crippen LogP contribution in [0.2, 0.25) is 0 Å². The van der Waals surface area contributed by atoms with Gasteiger partial charge in [-0.25, -0.2) is 4.79 Å². The predicted octanol–water partition coefficient (Wildman–Crippen LogP) is 3.52. The van der Waals surface area contributed by atoms with E-state index in [1.54, 1.807) is 30.5 Å². The summed E-state index contributed by atoms with van der Waals surface area (Å²) in [5, 5.41) is 3.44. The number of ether oxygens (including phenoxy) is 1. The van der Waals surface area contributed by atoms with Crippen molar-refractivity contribution < 1.29 is 9.53 Å². The van der Waals surface area contributed by atoms with Crippen molar-refractivity contribution in [2.24, 2.45) is 5.73 Å². The highest BCUT2D eigenvalue weighted by molar-refractivity contribution is 5.88. The molecule has 0 saturated heterocycles. The second-order valence-electron chi connectivity index (χ2n) is 4.44. The number of rotatable bonds is 3. The van der Waals surface area contributed by atoms with Crippen molar-refractivity contribution in [1.82, 2.24) is 4.98 Å². The summed E-state index contributed by atoms with van der Waals surface area (Å²) >= 11 is 0. The maximum absolute atomic E-state index is 10.8. The summed E-state index contributed by atoms with van der Waals surface area (Å²) in [4.78, 5) is 15.1. The lowest BCUT2D eigenvalue weighted by atomic mass is 10.2. The molecule has 0 aliphatic carbocycles. The Hall–Kier alpha value is -3.08. The number of amides is 2. The summed E-state index contributed by atoms with van der Waals surface area (Å²) < 4.78 is 5.87. The van der Waals surface area contributed by atoms with E-state index in [1.165, 1.54) is 0 Å². The Bertz CT molecular complexity index is 780. The molecule has 1 heterocycles. The van der Waals surface area contributed by atoms with Crippen LogP contribution in [0.5, 0.6) is 11.5 Å². The van der Waals surface area contributed by atoms with Gasteiger partial charge in [0.2, 0.25) is 0 Å². The molecule has 2 amide bonds. The number of fused-ring (bicyclic) bond motifs is 1. The Morgan fingerprint density at radius 3 is 2.57 bits per heavy atom. The van der Waals surface area contributed by atoms with Crippen LogP contribution in [0.25, 0.3) is 10.9 Å². The highest BCUT2D eigenvalue weighted by Crippen LogP contribution is 2.29. The third-order valence-corrected chi connectivity index (χ3v) is 2.96. The largest absolute Gasteiger partial charge is 0.457 e. The van der Waals surface area contributed by atoms with Crippen molar-refractivity contribution in [2.75, 3.05) is 5.32 Å². The first-order valence-corrected chi connectivity index (χ1v) is 6.40. The molecule has 3 aromatic rings. The lowest BCUT2D eigenvalue weighted by molar-refractivity contribution is 0.259. The van der Waals surface area contributed by atoms with Gasteiger partial charge in [-0.05, 0) is 42.5 Å². The Morgan fingerprint density at radius 2 is 1.81 bits per heavy atom. The van der Waals surface area contributed by atoms with Crippen molar-refractivity contribution in [3.05, 3.63) is 60.8 Å². The lowest BCUT2D eigenvalue weighted by Gasteiger charge is -2.09. The van der Waals surface area contributed by atoms with Crippen LogP contribution in [0.3, 0.4) is 0 Å². The number of nitrogens with two attached hydrogens (primary N) is 1. The minimum atomic E-state index is -0.594. The normalized spacial score (nSPS) is 10.3. The molecule has 104 valence electrons. The van der Waals surface area contributed by atoms with E-state index >= 15 is 0 Å². The van der Waals surface area contributed by atoms with Crippen molar-refractivity contribution in [1.29, 1.82) is 0 Å². The van der Waals surface area contributed by atoms with E-state index in [2.05, 4.69) is 10.3 Å². The molecule has 5 heteroatoms. The molecule has 0 fully saturated rings. The molecule has 0 unspecified atom stereocenters. The molecule has 2 aromatic carbocycles. The zero-order valence-corrected chi connectivity index (χ0v) is 11.1. The molecule has 0 bridgehead atoms. The van der Waals surface area contributed by atoms with Gasteiger partial charge in [-0.2, -0.15) is 0 Å².